The smallest absolute Gasteiger partial charge is 0.241 e. The van der Waals surface area contributed by atoms with Crippen LogP contribution in [0.25, 0.3) is 0 Å². The van der Waals surface area contributed by atoms with Crippen LogP contribution < -0.4 is 11.1 Å². The zero-order valence-corrected chi connectivity index (χ0v) is 15.6. The predicted molar refractivity (Wildman–Crippen MR) is 104 cm³/mol. The van der Waals surface area contributed by atoms with Crippen LogP contribution in [0.4, 0.5) is 0 Å². The fraction of sp³-hybridized carbons (Fsp3) is 0.350. The number of ether oxygens (including phenoxy) is 1. The van der Waals surface area contributed by atoms with Crippen molar-refractivity contribution in [1.29, 1.82) is 0 Å². The van der Waals surface area contributed by atoms with Crippen molar-refractivity contribution in [3.05, 3.63) is 71.3 Å². The molecule has 0 fully saturated rings. The van der Waals surface area contributed by atoms with E-state index in [9.17, 15) is 4.79 Å². The van der Waals surface area contributed by atoms with Crippen molar-refractivity contribution in [2.24, 2.45) is 11.7 Å². The van der Waals surface area contributed by atoms with Gasteiger partial charge in [0.25, 0.3) is 0 Å². The highest BCUT2D eigenvalue weighted by atomic mass is 35.5. The summed E-state index contributed by atoms with van der Waals surface area (Å²) < 4.78 is 5.69. The molecular weight excluding hydrogens is 336 g/mol. The van der Waals surface area contributed by atoms with Crippen molar-refractivity contribution < 1.29 is 9.53 Å². The standard InChI is InChI=1S/C20H26N2O2.ClH/c1-15-8-10-18(11-9-15)19(21)20(23)22-12-16(2)13-24-14-17-6-4-3-5-7-17;/h3-11,16,19H,12-14,21H2,1-2H3,(H,22,23);1H. The summed E-state index contributed by atoms with van der Waals surface area (Å²) in [4.78, 5) is 12.2. The minimum atomic E-state index is -0.636. The predicted octanol–water partition coefficient (Wildman–Crippen LogP) is 3.39. The Bertz CT molecular complexity index is 632. The Morgan fingerprint density at radius 3 is 2.40 bits per heavy atom. The second-order valence-corrected chi connectivity index (χ2v) is 6.24. The quantitative estimate of drug-likeness (QED) is 0.756. The van der Waals surface area contributed by atoms with Gasteiger partial charge in [-0.15, -0.1) is 12.4 Å². The topological polar surface area (TPSA) is 64.4 Å². The molecule has 0 aliphatic heterocycles. The van der Waals surface area contributed by atoms with Crippen molar-refractivity contribution in [2.45, 2.75) is 26.5 Å². The van der Waals surface area contributed by atoms with E-state index < -0.39 is 6.04 Å². The Kier molecular flexibility index (Phi) is 9.21. The summed E-state index contributed by atoms with van der Waals surface area (Å²) in [5, 5.41) is 2.90. The third kappa shape index (κ3) is 7.26. The summed E-state index contributed by atoms with van der Waals surface area (Å²) in [5.74, 6) is 0.0663. The van der Waals surface area contributed by atoms with E-state index in [1.807, 2.05) is 68.4 Å². The lowest BCUT2D eigenvalue weighted by atomic mass is 10.1. The van der Waals surface area contributed by atoms with Crippen LogP contribution in [0.3, 0.4) is 0 Å². The number of aryl methyl sites for hydroxylation is 1. The van der Waals surface area contributed by atoms with Crippen molar-refractivity contribution in [3.8, 4) is 0 Å². The highest BCUT2D eigenvalue weighted by Crippen LogP contribution is 2.11. The monoisotopic (exact) mass is 362 g/mol. The van der Waals surface area contributed by atoms with Crippen LogP contribution >= 0.6 is 12.4 Å². The number of benzene rings is 2. The van der Waals surface area contributed by atoms with E-state index in [0.717, 1.165) is 16.7 Å². The fourth-order valence-electron chi connectivity index (χ4n) is 2.32. The average molecular weight is 363 g/mol. The third-order valence-electron chi connectivity index (χ3n) is 3.86. The van der Waals surface area contributed by atoms with Gasteiger partial charge in [0.05, 0.1) is 13.2 Å². The molecule has 0 saturated carbocycles. The Labute approximate surface area is 156 Å². The molecule has 2 aromatic rings. The Hall–Kier alpha value is -1.88. The number of carbonyl (C=O) groups is 1. The highest BCUT2D eigenvalue weighted by Gasteiger charge is 2.16. The summed E-state index contributed by atoms with van der Waals surface area (Å²) in [6, 6.07) is 17.1. The molecule has 3 N–H and O–H groups in total. The molecule has 0 radical (unpaired) electrons. The van der Waals surface area contributed by atoms with Crippen LogP contribution in [0.2, 0.25) is 0 Å². The lowest BCUT2D eigenvalue weighted by molar-refractivity contribution is -0.122. The number of nitrogens with two attached hydrogens (primary N) is 1. The second kappa shape index (κ2) is 10.9. The molecule has 4 nitrogen and oxygen atoms in total. The first-order valence-electron chi connectivity index (χ1n) is 8.28. The van der Waals surface area contributed by atoms with Crippen LogP contribution in [0, 0.1) is 12.8 Å². The van der Waals surface area contributed by atoms with Gasteiger partial charge >= 0.3 is 0 Å². The van der Waals surface area contributed by atoms with Gasteiger partial charge in [-0.3, -0.25) is 4.79 Å². The second-order valence-electron chi connectivity index (χ2n) is 6.24. The zero-order chi connectivity index (χ0) is 17.4. The molecular formula is C20H27ClN2O2. The molecule has 0 heterocycles. The first-order chi connectivity index (χ1) is 11.6. The molecule has 25 heavy (non-hydrogen) atoms. The maximum absolute atomic E-state index is 12.2. The average Bonchev–Trinajstić information content (AvgIpc) is 2.60. The Balaban J connectivity index is 0.00000312. The van der Waals surface area contributed by atoms with Crippen LogP contribution in [0.1, 0.15) is 29.7 Å². The van der Waals surface area contributed by atoms with Crippen molar-refractivity contribution in [2.75, 3.05) is 13.2 Å². The minimum absolute atomic E-state index is 0. The maximum atomic E-state index is 12.2. The molecule has 1 amide bonds. The lowest BCUT2D eigenvalue weighted by Crippen LogP contribution is -2.37. The van der Waals surface area contributed by atoms with Gasteiger partial charge in [0, 0.05) is 6.54 Å². The van der Waals surface area contributed by atoms with Gasteiger partial charge in [0.2, 0.25) is 5.91 Å². The number of hydrogen-bond donors (Lipinski definition) is 2. The van der Waals surface area contributed by atoms with E-state index in [1.54, 1.807) is 0 Å². The van der Waals surface area contributed by atoms with Crippen molar-refractivity contribution >= 4 is 18.3 Å². The SMILES string of the molecule is Cc1ccc(C(N)C(=O)NCC(C)COCc2ccccc2)cc1.Cl. The number of rotatable bonds is 8. The van der Waals surface area contributed by atoms with E-state index in [1.165, 1.54) is 0 Å². The first kappa shape index (κ1) is 21.2. The van der Waals surface area contributed by atoms with Gasteiger partial charge in [0.15, 0.2) is 0 Å². The molecule has 0 aliphatic rings. The maximum Gasteiger partial charge on any atom is 0.241 e. The largest absolute Gasteiger partial charge is 0.376 e. The van der Waals surface area contributed by atoms with E-state index in [-0.39, 0.29) is 24.2 Å². The first-order valence-corrected chi connectivity index (χ1v) is 8.28. The van der Waals surface area contributed by atoms with E-state index in [4.69, 9.17) is 10.5 Å². The Morgan fingerprint density at radius 2 is 1.76 bits per heavy atom. The van der Waals surface area contributed by atoms with Gasteiger partial charge in [-0.25, -0.2) is 0 Å². The van der Waals surface area contributed by atoms with Gasteiger partial charge in [0.1, 0.15) is 6.04 Å². The number of carbonyl (C=O) groups excluding carboxylic acids is 1. The molecule has 136 valence electrons. The zero-order valence-electron chi connectivity index (χ0n) is 14.8. The molecule has 2 unspecified atom stereocenters. The third-order valence-corrected chi connectivity index (χ3v) is 3.86. The fourth-order valence-corrected chi connectivity index (χ4v) is 2.32. The van der Waals surface area contributed by atoms with E-state index >= 15 is 0 Å². The molecule has 2 rings (SSSR count). The van der Waals surface area contributed by atoms with Crippen molar-refractivity contribution in [1.82, 2.24) is 5.32 Å². The summed E-state index contributed by atoms with van der Waals surface area (Å²) >= 11 is 0. The summed E-state index contributed by atoms with van der Waals surface area (Å²) in [7, 11) is 0. The van der Waals surface area contributed by atoms with Gasteiger partial charge in [-0.1, -0.05) is 67.1 Å². The van der Waals surface area contributed by atoms with Crippen molar-refractivity contribution in [3.63, 3.8) is 0 Å². The Morgan fingerprint density at radius 1 is 1.12 bits per heavy atom. The van der Waals surface area contributed by atoms with E-state index in [0.29, 0.717) is 19.8 Å². The molecule has 0 aliphatic carbocycles. The molecule has 2 atom stereocenters. The van der Waals surface area contributed by atoms with Crippen LogP contribution in [0.15, 0.2) is 54.6 Å². The van der Waals surface area contributed by atoms with Crippen LogP contribution in [-0.2, 0) is 16.1 Å². The molecule has 5 heteroatoms. The molecule has 0 spiro atoms. The normalized spacial score (nSPS) is 12.8. The van der Waals surface area contributed by atoms with Gasteiger partial charge in [-0.05, 0) is 24.0 Å². The van der Waals surface area contributed by atoms with Crippen LogP contribution in [0.5, 0.6) is 0 Å². The lowest BCUT2D eigenvalue weighted by Gasteiger charge is -2.16. The van der Waals surface area contributed by atoms with E-state index in [2.05, 4.69) is 5.32 Å². The molecule has 0 bridgehead atoms. The minimum Gasteiger partial charge on any atom is -0.376 e. The van der Waals surface area contributed by atoms with Gasteiger partial charge in [-0.2, -0.15) is 0 Å². The number of nitrogens with one attached hydrogen (secondary N) is 1. The summed E-state index contributed by atoms with van der Waals surface area (Å²) in [6.07, 6.45) is 0. The number of amides is 1. The molecule has 2 aromatic carbocycles. The molecule has 0 saturated heterocycles. The summed E-state index contributed by atoms with van der Waals surface area (Å²) in [6.45, 7) is 5.78. The number of halogens is 1. The number of hydrogen-bond acceptors (Lipinski definition) is 3. The highest BCUT2D eigenvalue weighted by molar-refractivity contribution is 5.85. The van der Waals surface area contributed by atoms with Gasteiger partial charge < -0.3 is 15.8 Å². The molecule has 0 aromatic heterocycles. The van der Waals surface area contributed by atoms with Crippen LogP contribution in [-0.4, -0.2) is 19.1 Å². The summed E-state index contributed by atoms with van der Waals surface area (Å²) in [5.41, 5.74) is 9.13.